The minimum atomic E-state index is -0.521. The molecule has 7 nitrogen and oxygen atoms in total. The molecule has 1 N–H and O–H groups in total. The molecule has 2 aromatic carbocycles. The number of benzene rings is 2. The Morgan fingerprint density at radius 3 is 2.66 bits per heavy atom. The van der Waals surface area contributed by atoms with Gasteiger partial charge in [0.1, 0.15) is 12.4 Å². The smallest absolute Gasteiger partial charge is 0.343 e. The minimum absolute atomic E-state index is 0.0428. The summed E-state index contributed by atoms with van der Waals surface area (Å²) in [4.78, 5) is 14.9. The van der Waals surface area contributed by atoms with Gasteiger partial charge in [-0.3, -0.25) is 4.57 Å². The quantitative estimate of drug-likeness (QED) is 0.605. The maximum Gasteiger partial charge on any atom is 0.343 e. The van der Waals surface area contributed by atoms with Gasteiger partial charge < -0.3 is 9.47 Å². The number of hydrogen-bond acceptors (Lipinski definition) is 4. The van der Waals surface area contributed by atoms with E-state index in [-0.39, 0.29) is 23.8 Å². The summed E-state index contributed by atoms with van der Waals surface area (Å²) in [7, 11) is 1.56. The number of nitrogens with zero attached hydrogens (tertiary/aromatic N) is 3. The van der Waals surface area contributed by atoms with E-state index in [0.29, 0.717) is 35.7 Å². The number of aromatic amines is 1. The van der Waals surface area contributed by atoms with E-state index in [9.17, 15) is 4.79 Å². The van der Waals surface area contributed by atoms with Crippen LogP contribution in [0.4, 0.5) is 10.1 Å². The van der Waals surface area contributed by atoms with Gasteiger partial charge in [-0.1, -0.05) is 31.5 Å². The Morgan fingerprint density at radius 1 is 1.24 bits per heavy atom. The molecule has 0 fully saturated rings. The predicted molar refractivity (Wildman–Crippen MR) is 106 cm³/mol. The number of rotatable bonds is 7. The third-order valence-electron chi connectivity index (χ3n) is 4.56. The highest BCUT2D eigenvalue weighted by molar-refractivity contribution is 5.54. The van der Waals surface area contributed by atoms with E-state index in [1.165, 1.54) is 4.57 Å². The Balaban J connectivity index is 1.97. The summed E-state index contributed by atoms with van der Waals surface area (Å²) in [5, 5.41) is 6.20. The summed E-state index contributed by atoms with van der Waals surface area (Å²) in [6.45, 7) is 11.0. The fourth-order valence-electron chi connectivity index (χ4n) is 2.80. The Kier molecular flexibility index (Phi) is 5.98. The maximum atomic E-state index is 15.1. The van der Waals surface area contributed by atoms with Crippen LogP contribution in [-0.4, -0.2) is 14.8 Å². The van der Waals surface area contributed by atoms with Crippen LogP contribution in [0.5, 0.6) is 17.2 Å². The Morgan fingerprint density at radius 2 is 2.03 bits per heavy atom. The van der Waals surface area contributed by atoms with Crippen molar-refractivity contribution in [1.82, 2.24) is 14.8 Å². The molecule has 0 spiro atoms. The molecule has 1 heterocycles. The van der Waals surface area contributed by atoms with Crippen LogP contribution >= 0.6 is 0 Å². The summed E-state index contributed by atoms with van der Waals surface area (Å²) >= 11 is 0. The molecule has 3 rings (SSSR count). The highest BCUT2D eigenvalue weighted by atomic mass is 19.1. The molecule has 29 heavy (non-hydrogen) atoms. The fraction of sp³-hybridized carbons (Fsp3) is 0.286. The molecule has 150 valence electrons. The zero-order valence-electron chi connectivity index (χ0n) is 16.5. The molecule has 8 heteroatoms. The van der Waals surface area contributed by atoms with Crippen molar-refractivity contribution in [1.29, 1.82) is 0 Å². The fourth-order valence-corrected chi connectivity index (χ4v) is 2.80. The zero-order chi connectivity index (χ0) is 21.0. The monoisotopic (exact) mass is 396 g/mol. The van der Waals surface area contributed by atoms with Crippen LogP contribution < -0.4 is 15.2 Å². The van der Waals surface area contributed by atoms with E-state index in [1.807, 2.05) is 13.8 Å². The lowest BCUT2D eigenvalue weighted by atomic mass is 10.1. The van der Waals surface area contributed by atoms with E-state index in [4.69, 9.17) is 16.0 Å². The first-order chi connectivity index (χ1) is 14.0. The molecule has 3 aromatic rings. The number of nitrogens with one attached hydrogen (secondary N) is 1. The van der Waals surface area contributed by atoms with Crippen LogP contribution in [0.15, 0.2) is 35.1 Å². The van der Waals surface area contributed by atoms with E-state index in [0.717, 1.165) is 5.56 Å². The van der Waals surface area contributed by atoms with Crippen molar-refractivity contribution in [3.63, 3.8) is 0 Å². The highest BCUT2D eigenvalue weighted by Crippen LogP contribution is 2.38. The molecule has 0 bridgehead atoms. The molecule has 0 saturated carbocycles. The molecule has 0 radical (unpaired) electrons. The first kappa shape index (κ1) is 20.1. The summed E-state index contributed by atoms with van der Waals surface area (Å²) in [5.41, 5.74) is 1.45. The number of aryl methyl sites for hydroxylation is 2. The SMILES string of the molecule is [C-]#[N+]c1cc(CC)cc(Oc2c(OCc3n[nH]c(=O)n3C)ccc(CC)c2F)c1. The third-order valence-corrected chi connectivity index (χ3v) is 4.56. The Bertz CT molecular complexity index is 1130. The van der Waals surface area contributed by atoms with Crippen LogP contribution in [0.25, 0.3) is 4.85 Å². The molecule has 0 aliphatic heterocycles. The summed E-state index contributed by atoms with van der Waals surface area (Å²) in [6.07, 6.45) is 1.20. The molecule has 0 saturated heterocycles. The van der Waals surface area contributed by atoms with Gasteiger partial charge in [0, 0.05) is 7.05 Å². The van der Waals surface area contributed by atoms with Gasteiger partial charge in [-0.05, 0) is 36.6 Å². The van der Waals surface area contributed by atoms with Crippen LogP contribution in [-0.2, 0) is 26.5 Å². The average molecular weight is 396 g/mol. The third kappa shape index (κ3) is 4.29. The summed E-state index contributed by atoms with van der Waals surface area (Å²) in [5.74, 6) is 0.325. The van der Waals surface area contributed by atoms with Gasteiger partial charge in [-0.25, -0.2) is 19.1 Å². The topological polar surface area (TPSA) is 73.5 Å². The van der Waals surface area contributed by atoms with Crippen LogP contribution in [0, 0.1) is 12.4 Å². The lowest BCUT2D eigenvalue weighted by Gasteiger charge is -2.16. The number of aromatic nitrogens is 3. The second-order valence-electron chi connectivity index (χ2n) is 6.41. The van der Waals surface area contributed by atoms with Crippen molar-refractivity contribution >= 4 is 5.69 Å². The summed E-state index contributed by atoms with van der Waals surface area (Å²) in [6, 6.07) is 8.36. The molecule has 0 unspecified atom stereocenters. The molecule has 0 aliphatic carbocycles. The second kappa shape index (κ2) is 8.61. The molecular formula is C21H21FN4O3. The van der Waals surface area contributed by atoms with Crippen molar-refractivity contribution in [2.24, 2.45) is 7.05 Å². The normalized spacial score (nSPS) is 10.6. The lowest BCUT2D eigenvalue weighted by molar-refractivity contribution is 0.273. The Hall–Kier alpha value is -3.60. The van der Waals surface area contributed by atoms with Gasteiger partial charge in [0.2, 0.25) is 5.75 Å². The van der Waals surface area contributed by atoms with E-state index in [2.05, 4.69) is 15.0 Å². The summed E-state index contributed by atoms with van der Waals surface area (Å²) < 4.78 is 27.9. The minimum Gasteiger partial charge on any atom is -0.482 e. The molecule has 0 amide bonds. The van der Waals surface area contributed by atoms with E-state index < -0.39 is 5.82 Å². The average Bonchev–Trinajstić information content (AvgIpc) is 3.06. The number of H-pyrrole nitrogens is 1. The predicted octanol–water partition coefficient (Wildman–Crippen LogP) is 4.29. The van der Waals surface area contributed by atoms with Gasteiger partial charge in [0.25, 0.3) is 0 Å². The van der Waals surface area contributed by atoms with Crippen molar-refractivity contribution in [2.75, 3.05) is 0 Å². The van der Waals surface area contributed by atoms with Crippen LogP contribution in [0.2, 0.25) is 0 Å². The van der Waals surface area contributed by atoms with Gasteiger partial charge in [0.15, 0.2) is 23.1 Å². The lowest BCUT2D eigenvalue weighted by Crippen LogP contribution is -2.15. The largest absolute Gasteiger partial charge is 0.482 e. The number of halogens is 1. The van der Waals surface area contributed by atoms with Crippen molar-refractivity contribution < 1.29 is 13.9 Å². The van der Waals surface area contributed by atoms with Crippen molar-refractivity contribution in [3.05, 3.63) is 75.0 Å². The standard InChI is InChI=1S/C21H21FN4O3/c1-5-13-9-15(23-3)11-16(10-13)29-20-17(8-7-14(6-2)19(20)22)28-12-18-24-25-21(27)26(18)4/h7-11H,5-6,12H2,1-2,4H3,(H,25,27). The number of ether oxygens (including phenoxy) is 2. The number of hydrogen-bond donors (Lipinski definition) is 1. The maximum absolute atomic E-state index is 15.1. The first-order valence-electron chi connectivity index (χ1n) is 9.20. The second-order valence-corrected chi connectivity index (χ2v) is 6.41. The zero-order valence-corrected chi connectivity index (χ0v) is 16.5. The van der Waals surface area contributed by atoms with E-state index >= 15 is 4.39 Å². The highest BCUT2D eigenvalue weighted by Gasteiger charge is 2.18. The molecule has 0 atom stereocenters. The molecular weight excluding hydrogens is 375 g/mol. The van der Waals surface area contributed by atoms with Crippen molar-refractivity contribution in [3.8, 4) is 17.2 Å². The van der Waals surface area contributed by atoms with Gasteiger partial charge >= 0.3 is 5.69 Å². The Labute approximate surface area is 167 Å². The van der Waals surface area contributed by atoms with Crippen LogP contribution in [0.3, 0.4) is 0 Å². The van der Waals surface area contributed by atoms with Gasteiger partial charge in [0.05, 0.1) is 6.57 Å². The molecule has 0 aliphatic rings. The van der Waals surface area contributed by atoms with Gasteiger partial charge in [-0.2, -0.15) is 5.10 Å². The first-order valence-corrected chi connectivity index (χ1v) is 9.20. The van der Waals surface area contributed by atoms with E-state index in [1.54, 1.807) is 37.4 Å². The van der Waals surface area contributed by atoms with Gasteiger partial charge in [-0.15, -0.1) is 0 Å². The molecule has 1 aromatic heterocycles. The van der Waals surface area contributed by atoms with Crippen molar-refractivity contribution in [2.45, 2.75) is 33.3 Å². The van der Waals surface area contributed by atoms with Crippen LogP contribution in [0.1, 0.15) is 30.8 Å².